The Hall–Kier alpha value is -3.04. The third-order valence-corrected chi connectivity index (χ3v) is 5.19. The van der Waals surface area contributed by atoms with Gasteiger partial charge in [0.25, 0.3) is 0 Å². The maximum atomic E-state index is 14.5. The monoisotopic (exact) mass is 429 g/mol. The lowest BCUT2D eigenvalue weighted by Crippen LogP contribution is -2.43. The number of nitrogens with zero attached hydrogens (tertiary/aromatic N) is 6. The van der Waals surface area contributed by atoms with Crippen molar-refractivity contribution in [2.45, 2.75) is 13.8 Å². The van der Waals surface area contributed by atoms with Crippen LogP contribution in [0.4, 0.5) is 10.1 Å². The van der Waals surface area contributed by atoms with Crippen LogP contribution in [0.5, 0.6) is 0 Å². The van der Waals surface area contributed by atoms with Crippen LogP contribution >= 0.6 is 12.4 Å². The van der Waals surface area contributed by atoms with Gasteiger partial charge < -0.3 is 14.6 Å². The average Bonchev–Trinajstić information content (AvgIpc) is 3.10. The van der Waals surface area contributed by atoms with Crippen LogP contribution in [0.15, 0.2) is 35.5 Å². The van der Waals surface area contributed by atoms with E-state index >= 15 is 0 Å². The van der Waals surface area contributed by atoms with E-state index in [1.165, 1.54) is 10.5 Å². The molecule has 8 nitrogen and oxygen atoms in total. The topological polar surface area (TPSA) is 79.8 Å². The van der Waals surface area contributed by atoms with Crippen LogP contribution in [0, 0.1) is 19.7 Å². The lowest BCUT2D eigenvalue weighted by molar-refractivity contribution is 0.588. The minimum atomic E-state index is -0.481. The van der Waals surface area contributed by atoms with Gasteiger partial charge in [0.1, 0.15) is 5.65 Å². The highest BCUT2D eigenvalue weighted by molar-refractivity contribution is 5.85. The molecule has 0 atom stereocenters. The molecule has 0 radical (unpaired) electrons. The smallest absolute Gasteiger partial charge is 0.355 e. The lowest BCUT2D eigenvalue weighted by atomic mass is 10.2. The van der Waals surface area contributed by atoms with Gasteiger partial charge in [-0.05, 0) is 31.5 Å². The van der Waals surface area contributed by atoms with E-state index in [0.29, 0.717) is 16.9 Å². The molecule has 30 heavy (non-hydrogen) atoms. The van der Waals surface area contributed by atoms with Crippen molar-refractivity contribution < 1.29 is 4.39 Å². The molecule has 0 spiro atoms. The Morgan fingerprint density at radius 1 is 1.00 bits per heavy atom. The van der Waals surface area contributed by atoms with Gasteiger partial charge in [0.05, 0.1) is 11.4 Å². The van der Waals surface area contributed by atoms with Crippen molar-refractivity contribution in [2.75, 3.05) is 31.1 Å². The molecule has 10 heteroatoms. The van der Waals surface area contributed by atoms with Crippen LogP contribution < -0.4 is 15.9 Å². The minimum Gasteiger partial charge on any atom is -0.368 e. The molecule has 0 bridgehead atoms. The van der Waals surface area contributed by atoms with Crippen LogP contribution in [0.1, 0.15) is 11.3 Å². The Morgan fingerprint density at radius 2 is 1.77 bits per heavy atom. The molecular formula is C20H21ClFN7O. The van der Waals surface area contributed by atoms with Gasteiger partial charge in [-0.2, -0.15) is 4.98 Å². The van der Waals surface area contributed by atoms with Gasteiger partial charge in [-0.25, -0.2) is 23.6 Å². The van der Waals surface area contributed by atoms with Crippen LogP contribution in [0.3, 0.4) is 0 Å². The number of imidazole rings is 1. The predicted octanol–water partition coefficient (Wildman–Crippen LogP) is 1.99. The van der Waals surface area contributed by atoms with Crippen LogP contribution in [-0.4, -0.2) is 49.9 Å². The summed E-state index contributed by atoms with van der Waals surface area (Å²) in [5.74, 6) is -0.287. The molecule has 0 aromatic carbocycles. The first kappa shape index (κ1) is 20.2. The zero-order chi connectivity index (χ0) is 20.1. The summed E-state index contributed by atoms with van der Waals surface area (Å²) in [4.78, 5) is 27.9. The van der Waals surface area contributed by atoms with E-state index in [-0.39, 0.29) is 23.9 Å². The molecule has 0 amide bonds. The molecular weight excluding hydrogens is 409 g/mol. The molecule has 1 aliphatic heterocycles. The number of hydrogen-bond acceptors (Lipinski definition) is 6. The number of hydrogen-bond donors (Lipinski definition) is 1. The third-order valence-electron chi connectivity index (χ3n) is 5.19. The summed E-state index contributed by atoms with van der Waals surface area (Å²) >= 11 is 0. The number of pyridine rings is 2. The first-order chi connectivity index (χ1) is 14.0. The fourth-order valence-electron chi connectivity index (χ4n) is 3.79. The van der Waals surface area contributed by atoms with Crippen molar-refractivity contribution in [3.63, 3.8) is 0 Å². The predicted molar refractivity (Wildman–Crippen MR) is 115 cm³/mol. The van der Waals surface area contributed by atoms with Gasteiger partial charge in [-0.1, -0.05) is 0 Å². The Bertz CT molecular complexity index is 1310. The van der Waals surface area contributed by atoms with E-state index in [1.807, 2.05) is 13.0 Å². The number of aromatic nitrogens is 5. The van der Waals surface area contributed by atoms with Gasteiger partial charge in [0.2, 0.25) is 0 Å². The molecule has 0 saturated carbocycles. The quantitative estimate of drug-likeness (QED) is 0.525. The fourth-order valence-corrected chi connectivity index (χ4v) is 3.79. The number of nitrogens with one attached hydrogen (secondary N) is 1. The van der Waals surface area contributed by atoms with E-state index in [0.717, 1.165) is 37.4 Å². The molecule has 1 saturated heterocycles. The van der Waals surface area contributed by atoms with Crippen LogP contribution in [0.2, 0.25) is 0 Å². The molecule has 1 aliphatic rings. The summed E-state index contributed by atoms with van der Waals surface area (Å²) in [6.07, 6.45) is 5.19. The summed E-state index contributed by atoms with van der Waals surface area (Å²) in [6.45, 7) is 7.28. The van der Waals surface area contributed by atoms with E-state index in [1.54, 1.807) is 29.9 Å². The van der Waals surface area contributed by atoms with Crippen molar-refractivity contribution in [3.05, 3.63) is 58.3 Å². The Balaban J connectivity index is 0.00000218. The minimum absolute atomic E-state index is 0. The SMILES string of the molecule is Cc1cn2cc(-c3nc(=O)n4cc(N5CCNCC5)cc(C)c4n3)cc(F)c2n1.Cl. The van der Waals surface area contributed by atoms with Crippen molar-refractivity contribution >= 4 is 29.4 Å². The van der Waals surface area contributed by atoms with Crippen molar-refractivity contribution in [1.29, 1.82) is 0 Å². The van der Waals surface area contributed by atoms with Gasteiger partial charge in [0, 0.05) is 50.3 Å². The second-order valence-electron chi connectivity index (χ2n) is 7.33. The average molecular weight is 430 g/mol. The maximum absolute atomic E-state index is 14.5. The van der Waals surface area contributed by atoms with E-state index < -0.39 is 11.5 Å². The van der Waals surface area contributed by atoms with Gasteiger partial charge in [0.15, 0.2) is 17.3 Å². The summed E-state index contributed by atoms with van der Waals surface area (Å²) < 4.78 is 17.5. The molecule has 4 aromatic heterocycles. The van der Waals surface area contributed by atoms with Crippen molar-refractivity contribution in [2.24, 2.45) is 0 Å². The number of aryl methyl sites for hydroxylation is 2. The summed E-state index contributed by atoms with van der Waals surface area (Å²) in [7, 11) is 0. The Kier molecular flexibility index (Phi) is 5.17. The maximum Gasteiger partial charge on any atom is 0.355 e. The van der Waals surface area contributed by atoms with Gasteiger partial charge in [-0.15, -0.1) is 12.4 Å². The first-order valence-corrected chi connectivity index (χ1v) is 9.51. The van der Waals surface area contributed by atoms with Crippen molar-refractivity contribution in [3.8, 4) is 11.4 Å². The number of halogens is 2. The Morgan fingerprint density at radius 3 is 2.53 bits per heavy atom. The highest BCUT2D eigenvalue weighted by atomic mass is 35.5. The lowest BCUT2D eigenvalue weighted by Gasteiger charge is -2.29. The number of anilines is 1. The molecule has 5 rings (SSSR count). The Labute approximate surface area is 177 Å². The van der Waals surface area contributed by atoms with E-state index in [9.17, 15) is 9.18 Å². The van der Waals surface area contributed by atoms with Gasteiger partial charge in [-0.3, -0.25) is 0 Å². The number of fused-ring (bicyclic) bond motifs is 2. The standard InChI is InChI=1S/C20H20FN7O.ClH/c1-12-7-15(26-5-3-22-4-6-26)11-28-18(12)24-17(25-20(28)29)14-8-16(21)19-23-13(2)9-27(19)10-14;/h7-11,22H,3-6H2,1-2H3;1H. The molecule has 4 aromatic rings. The second-order valence-corrected chi connectivity index (χ2v) is 7.33. The normalized spacial score (nSPS) is 14.3. The second kappa shape index (κ2) is 7.66. The zero-order valence-electron chi connectivity index (χ0n) is 16.6. The summed E-state index contributed by atoms with van der Waals surface area (Å²) in [6, 6.07) is 3.34. The fraction of sp³-hybridized carbons (Fsp3) is 0.300. The highest BCUT2D eigenvalue weighted by Crippen LogP contribution is 2.22. The molecule has 1 fully saturated rings. The third kappa shape index (κ3) is 3.40. The van der Waals surface area contributed by atoms with Gasteiger partial charge >= 0.3 is 5.69 Å². The summed E-state index contributed by atoms with van der Waals surface area (Å²) in [5.41, 5.74) is 3.28. The molecule has 156 valence electrons. The first-order valence-electron chi connectivity index (χ1n) is 9.51. The largest absolute Gasteiger partial charge is 0.368 e. The molecule has 5 heterocycles. The van der Waals surface area contributed by atoms with Crippen molar-refractivity contribution in [1.82, 2.24) is 29.1 Å². The number of piperazine rings is 1. The van der Waals surface area contributed by atoms with E-state index in [4.69, 9.17) is 0 Å². The van der Waals surface area contributed by atoms with Crippen LogP contribution in [0.25, 0.3) is 22.7 Å². The number of rotatable bonds is 2. The van der Waals surface area contributed by atoms with E-state index in [2.05, 4.69) is 25.2 Å². The molecule has 0 unspecified atom stereocenters. The molecule has 0 aliphatic carbocycles. The summed E-state index contributed by atoms with van der Waals surface area (Å²) in [5, 5.41) is 3.32. The zero-order valence-corrected chi connectivity index (χ0v) is 17.4. The molecule has 1 N–H and O–H groups in total. The van der Waals surface area contributed by atoms with Crippen LogP contribution in [-0.2, 0) is 0 Å². The highest BCUT2D eigenvalue weighted by Gasteiger charge is 2.16.